The largest absolute Gasteiger partial charge is 0.497 e. The summed E-state index contributed by atoms with van der Waals surface area (Å²) in [6.45, 7) is 6.02. The van der Waals surface area contributed by atoms with E-state index in [9.17, 15) is 18.0 Å². The number of ether oxygens (including phenoxy) is 1. The Hall–Kier alpha value is -4.63. The van der Waals surface area contributed by atoms with Crippen LogP contribution in [-0.2, 0) is 32.6 Å². The van der Waals surface area contributed by atoms with Crippen LogP contribution in [-0.4, -0.2) is 51.4 Å². The summed E-state index contributed by atoms with van der Waals surface area (Å²) in [5.41, 5.74) is 4.02. The molecule has 0 radical (unpaired) electrons. The lowest BCUT2D eigenvalue weighted by Gasteiger charge is -2.34. The normalized spacial score (nSPS) is 11.8. The number of hydrogen-bond donors (Lipinski definition) is 1. The molecule has 4 rings (SSSR count). The number of hydrogen-bond acceptors (Lipinski definition) is 5. The minimum atomic E-state index is -4.19. The second kappa shape index (κ2) is 16.1. The fourth-order valence-corrected chi connectivity index (χ4v) is 6.56. The lowest BCUT2D eigenvalue weighted by Crippen LogP contribution is -2.53. The average Bonchev–Trinajstić information content (AvgIpc) is 3.07. The minimum absolute atomic E-state index is 0.0188. The second-order valence-corrected chi connectivity index (χ2v) is 13.2. The number of anilines is 1. The fraction of sp³-hybridized carbons (Fsp3) is 0.297. The molecule has 242 valence electrons. The van der Waals surface area contributed by atoms with Crippen molar-refractivity contribution >= 4 is 27.5 Å². The van der Waals surface area contributed by atoms with E-state index >= 15 is 0 Å². The zero-order valence-electron chi connectivity index (χ0n) is 27.0. The molecule has 1 unspecified atom stereocenters. The second-order valence-electron chi connectivity index (χ2n) is 11.3. The Morgan fingerprint density at radius 2 is 1.50 bits per heavy atom. The molecular formula is C37H43N3O5S. The highest BCUT2D eigenvalue weighted by molar-refractivity contribution is 7.92. The van der Waals surface area contributed by atoms with Crippen LogP contribution in [0.3, 0.4) is 0 Å². The number of carbonyl (C=O) groups excluding carboxylic acids is 2. The van der Waals surface area contributed by atoms with E-state index in [1.54, 1.807) is 36.4 Å². The van der Waals surface area contributed by atoms with Crippen LogP contribution in [0.5, 0.6) is 5.75 Å². The third kappa shape index (κ3) is 8.75. The molecule has 2 amide bonds. The third-order valence-corrected chi connectivity index (χ3v) is 9.74. The average molecular weight is 642 g/mol. The molecular weight excluding hydrogens is 598 g/mol. The van der Waals surface area contributed by atoms with Crippen LogP contribution >= 0.6 is 0 Å². The van der Waals surface area contributed by atoms with Crippen LogP contribution in [0.1, 0.15) is 42.0 Å². The lowest BCUT2D eigenvalue weighted by molar-refractivity contribution is -0.140. The Morgan fingerprint density at radius 3 is 2.13 bits per heavy atom. The summed E-state index contributed by atoms with van der Waals surface area (Å²) < 4.78 is 34.7. The van der Waals surface area contributed by atoms with Gasteiger partial charge in [-0.2, -0.15) is 0 Å². The standard InChI is InChI=1S/C37H43N3O5S/c1-5-6-24-38-37(42)35(25-30-13-8-7-9-14-30)39(26-31-15-11-10-12-29(31)3)36(41)27-40(32-18-16-28(2)17-19-32)46(43,44)34-22-20-33(45-4)21-23-34/h7-23,35H,5-6,24-27H2,1-4H3,(H,38,42). The Labute approximate surface area is 273 Å². The number of unbranched alkanes of at least 4 members (excludes halogenated alkanes) is 1. The predicted molar refractivity (Wildman–Crippen MR) is 182 cm³/mol. The molecule has 8 nitrogen and oxygen atoms in total. The molecule has 0 spiro atoms. The fourth-order valence-electron chi connectivity index (χ4n) is 5.15. The van der Waals surface area contributed by atoms with Gasteiger partial charge in [-0.15, -0.1) is 0 Å². The molecule has 0 heterocycles. The number of carbonyl (C=O) groups is 2. The predicted octanol–water partition coefficient (Wildman–Crippen LogP) is 6.06. The van der Waals surface area contributed by atoms with Gasteiger partial charge in [0.05, 0.1) is 17.7 Å². The first-order chi connectivity index (χ1) is 22.1. The van der Waals surface area contributed by atoms with Crippen molar-refractivity contribution < 1.29 is 22.7 Å². The quantitative estimate of drug-likeness (QED) is 0.159. The van der Waals surface area contributed by atoms with Crippen molar-refractivity contribution in [2.75, 3.05) is 24.5 Å². The summed E-state index contributed by atoms with van der Waals surface area (Å²) >= 11 is 0. The summed E-state index contributed by atoms with van der Waals surface area (Å²) in [5, 5.41) is 3.02. The van der Waals surface area contributed by atoms with Crippen molar-refractivity contribution in [3.8, 4) is 5.75 Å². The molecule has 0 aromatic heterocycles. The van der Waals surface area contributed by atoms with Gasteiger partial charge in [0.25, 0.3) is 10.0 Å². The van der Waals surface area contributed by atoms with E-state index in [-0.39, 0.29) is 23.8 Å². The van der Waals surface area contributed by atoms with E-state index in [1.165, 1.54) is 24.1 Å². The molecule has 0 aliphatic rings. The molecule has 0 bridgehead atoms. The molecule has 4 aromatic carbocycles. The molecule has 0 aliphatic carbocycles. The molecule has 0 saturated carbocycles. The highest BCUT2D eigenvalue weighted by Crippen LogP contribution is 2.27. The van der Waals surface area contributed by atoms with Crippen LogP contribution in [0.2, 0.25) is 0 Å². The van der Waals surface area contributed by atoms with E-state index in [2.05, 4.69) is 5.32 Å². The highest BCUT2D eigenvalue weighted by atomic mass is 32.2. The minimum Gasteiger partial charge on any atom is -0.497 e. The van der Waals surface area contributed by atoms with Gasteiger partial charge in [0, 0.05) is 19.5 Å². The maximum atomic E-state index is 14.6. The number of nitrogens with zero attached hydrogens (tertiary/aromatic N) is 2. The van der Waals surface area contributed by atoms with Crippen molar-refractivity contribution in [3.63, 3.8) is 0 Å². The topological polar surface area (TPSA) is 96.0 Å². The van der Waals surface area contributed by atoms with Gasteiger partial charge < -0.3 is 15.0 Å². The molecule has 1 atom stereocenters. The number of methoxy groups -OCH3 is 1. The van der Waals surface area contributed by atoms with Gasteiger partial charge in [-0.1, -0.05) is 85.6 Å². The Morgan fingerprint density at radius 1 is 0.848 bits per heavy atom. The lowest BCUT2D eigenvalue weighted by atomic mass is 10.0. The summed E-state index contributed by atoms with van der Waals surface area (Å²) in [4.78, 5) is 30.0. The van der Waals surface area contributed by atoms with Crippen molar-refractivity contribution in [2.45, 2.75) is 57.5 Å². The molecule has 0 aliphatic heterocycles. The van der Waals surface area contributed by atoms with Crippen molar-refractivity contribution in [1.29, 1.82) is 0 Å². The zero-order chi connectivity index (χ0) is 33.1. The monoisotopic (exact) mass is 641 g/mol. The van der Waals surface area contributed by atoms with Crippen molar-refractivity contribution in [2.24, 2.45) is 0 Å². The number of sulfonamides is 1. The SMILES string of the molecule is CCCCNC(=O)C(Cc1ccccc1)N(Cc1ccccc1C)C(=O)CN(c1ccc(C)cc1)S(=O)(=O)c1ccc(OC)cc1. The maximum absolute atomic E-state index is 14.6. The highest BCUT2D eigenvalue weighted by Gasteiger charge is 2.34. The van der Waals surface area contributed by atoms with Gasteiger partial charge in [0.15, 0.2) is 0 Å². The van der Waals surface area contributed by atoms with E-state index in [1.807, 2.05) is 75.4 Å². The van der Waals surface area contributed by atoms with Crippen molar-refractivity contribution in [1.82, 2.24) is 10.2 Å². The molecule has 4 aromatic rings. The number of benzene rings is 4. The summed E-state index contributed by atoms with van der Waals surface area (Å²) in [5.74, 6) is -0.259. The van der Waals surface area contributed by atoms with Crippen LogP contribution in [0.15, 0.2) is 108 Å². The maximum Gasteiger partial charge on any atom is 0.264 e. The number of rotatable bonds is 15. The van der Waals surface area contributed by atoms with Gasteiger partial charge in [0.2, 0.25) is 11.8 Å². The van der Waals surface area contributed by atoms with Crippen LogP contribution in [0.4, 0.5) is 5.69 Å². The summed E-state index contributed by atoms with van der Waals surface area (Å²) in [7, 11) is -2.69. The third-order valence-electron chi connectivity index (χ3n) is 7.95. The van der Waals surface area contributed by atoms with Gasteiger partial charge in [-0.05, 0) is 73.4 Å². The van der Waals surface area contributed by atoms with Gasteiger partial charge in [-0.25, -0.2) is 8.42 Å². The van der Waals surface area contributed by atoms with Gasteiger partial charge in [0.1, 0.15) is 18.3 Å². The zero-order valence-corrected chi connectivity index (χ0v) is 27.8. The first-order valence-corrected chi connectivity index (χ1v) is 17.0. The van der Waals surface area contributed by atoms with Gasteiger partial charge in [-0.3, -0.25) is 13.9 Å². The molecule has 0 fully saturated rings. The Balaban J connectivity index is 1.79. The van der Waals surface area contributed by atoms with E-state index < -0.39 is 28.5 Å². The molecule has 1 N–H and O–H groups in total. The number of amides is 2. The van der Waals surface area contributed by atoms with Crippen LogP contribution in [0.25, 0.3) is 0 Å². The molecule has 9 heteroatoms. The van der Waals surface area contributed by atoms with E-state index in [0.29, 0.717) is 18.0 Å². The first kappa shape index (κ1) is 34.2. The summed E-state index contributed by atoms with van der Waals surface area (Å²) in [6, 6.07) is 29.4. The van der Waals surface area contributed by atoms with Crippen LogP contribution in [0, 0.1) is 13.8 Å². The number of aryl methyl sites for hydroxylation is 2. The van der Waals surface area contributed by atoms with E-state index in [0.717, 1.165) is 39.4 Å². The Kier molecular flexibility index (Phi) is 12.0. The number of nitrogens with one attached hydrogen (secondary N) is 1. The smallest absolute Gasteiger partial charge is 0.264 e. The molecule has 0 saturated heterocycles. The van der Waals surface area contributed by atoms with E-state index in [4.69, 9.17) is 4.74 Å². The van der Waals surface area contributed by atoms with Gasteiger partial charge >= 0.3 is 0 Å². The van der Waals surface area contributed by atoms with Crippen molar-refractivity contribution in [3.05, 3.63) is 125 Å². The summed E-state index contributed by atoms with van der Waals surface area (Å²) in [6.07, 6.45) is 1.98. The Bertz CT molecular complexity index is 1690. The van der Waals surface area contributed by atoms with Crippen LogP contribution < -0.4 is 14.4 Å². The molecule has 46 heavy (non-hydrogen) atoms. The first-order valence-electron chi connectivity index (χ1n) is 15.5.